The molecule has 3 heteroatoms. The molecule has 3 aromatic rings. The van der Waals surface area contributed by atoms with Gasteiger partial charge in [-0.15, -0.1) is 0 Å². The lowest BCUT2D eigenvalue weighted by atomic mass is 9.84. The smallest absolute Gasteiger partial charge is 0.189 e. The van der Waals surface area contributed by atoms with Gasteiger partial charge in [0.1, 0.15) is 0 Å². The van der Waals surface area contributed by atoms with Crippen LogP contribution in [0.25, 0.3) is 0 Å². The minimum Gasteiger partial charge on any atom is -0.289 e. The fraction of sp³-hybridized carbons (Fsp3) is 0.222. The second kappa shape index (κ2) is 8.35. The Morgan fingerprint density at radius 2 is 1.70 bits per heavy atom. The first kappa shape index (κ1) is 20.2. The van der Waals surface area contributed by atoms with Gasteiger partial charge in [0.05, 0.1) is 0 Å². The van der Waals surface area contributed by atoms with Crippen LogP contribution in [0.15, 0.2) is 78.4 Å². The first-order valence-corrected chi connectivity index (χ1v) is 10.3. The van der Waals surface area contributed by atoms with Crippen molar-refractivity contribution in [1.82, 2.24) is 0 Å². The average molecular weight is 402 g/mol. The Hall–Kier alpha value is -3.07. The van der Waals surface area contributed by atoms with E-state index < -0.39 is 11.6 Å². The molecule has 2 atom stereocenters. The molecule has 0 spiro atoms. The molecule has 0 bridgehead atoms. The van der Waals surface area contributed by atoms with Crippen LogP contribution in [0.1, 0.15) is 57.8 Å². The monoisotopic (exact) mass is 402 g/mol. The summed E-state index contributed by atoms with van der Waals surface area (Å²) in [5.74, 6) is -2.16. The number of hydrogen-bond acceptors (Lipinski definition) is 1. The summed E-state index contributed by atoms with van der Waals surface area (Å²) < 4.78 is 27.2. The van der Waals surface area contributed by atoms with Crippen molar-refractivity contribution in [2.45, 2.75) is 38.5 Å². The van der Waals surface area contributed by atoms with Gasteiger partial charge in [0.2, 0.25) is 0 Å². The number of ketones is 1. The summed E-state index contributed by atoms with van der Waals surface area (Å²) >= 11 is 0. The van der Waals surface area contributed by atoms with Gasteiger partial charge in [0.15, 0.2) is 17.4 Å². The molecule has 1 nitrogen and oxygen atoms in total. The quantitative estimate of drug-likeness (QED) is 0.424. The minimum absolute atomic E-state index is 0.0759. The Bertz CT molecular complexity index is 1110. The summed E-state index contributed by atoms with van der Waals surface area (Å²) in [6, 6.07) is 19.9. The number of halogens is 2. The number of carbonyl (C=O) groups is 1. The first-order valence-electron chi connectivity index (χ1n) is 10.3. The van der Waals surface area contributed by atoms with Gasteiger partial charge in [0.25, 0.3) is 0 Å². The van der Waals surface area contributed by atoms with Gasteiger partial charge in [-0.2, -0.15) is 0 Å². The van der Waals surface area contributed by atoms with E-state index in [1.165, 1.54) is 17.2 Å². The van der Waals surface area contributed by atoms with Gasteiger partial charge in [-0.05, 0) is 54.7 Å². The molecule has 0 fully saturated rings. The fourth-order valence-corrected chi connectivity index (χ4v) is 4.36. The van der Waals surface area contributed by atoms with Crippen LogP contribution in [0, 0.1) is 18.6 Å². The van der Waals surface area contributed by atoms with Crippen molar-refractivity contribution in [2.24, 2.45) is 0 Å². The summed E-state index contributed by atoms with van der Waals surface area (Å²) in [6.45, 7) is 4.15. The second-order valence-corrected chi connectivity index (χ2v) is 7.94. The highest BCUT2D eigenvalue weighted by Crippen LogP contribution is 2.45. The molecule has 2 unspecified atom stereocenters. The van der Waals surface area contributed by atoms with Crippen molar-refractivity contribution in [3.63, 3.8) is 0 Å². The van der Waals surface area contributed by atoms with E-state index >= 15 is 0 Å². The van der Waals surface area contributed by atoms with Crippen LogP contribution in [-0.2, 0) is 6.42 Å². The van der Waals surface area contributed by atoms with E-state index in [2.05, 4.69) is 43.3 Å². The van der Waals surface area contributed by atoms with Crippen molar-refractivity contribution in [3.05, 3.63) is 118 Å². The zero-order valence-electron chi connectivity index (χ0n) is 17.2. The molecule has 1 aliphatic carbocycles. The molecular formula is C27H24F2O. The van der Waals surface area contributed by atoms with Crippen LogP contribution in [-0.4, -0.2) is 5.78 Å². The number of hydrogen-bond donors (Lipinski definition) is 0. The van der Waals surface area contributed by atoms with E-state index in [1.807, 2.05) is 25.1 Å². The zero-order chi connectivity index (χ0) is 21.3. The second-order valence-electron chi connectivity index (χ2n) is 7.94. The molecule has 0 aromatic heterocycles. The van der Waals surface area contributed by atoms with Gasteiger partial charge in [-0.3, -0.25) is 4.79 Å². The highest BCUT2D eigenvalue weighted by Gasteiger charge is 2.34. The van der Waals surface area contributed by atoms with Gasteiger partial charge < -0.3 is 0 Å². The van der Waals surface area contributed by atoms with Crippen molar-refractivity contribution in [2.75, 3.05) is 0 Å². The molecule has 152 valence electrons. The van der Waals surface area contributed by atoms with Gasteiger partial charge in [-0.25, -0.2) is 8.78 Å². The number of aryl methyl sites for hydroxylation is 2. The summed E-state index contributed by atoms with van der Waals surface area (Å²) in [6.07, 6.45) is 3.67. The molecule has 0 heterocycles. The minimum atomic E-state index is -1.000. The largest absolute Gasteiger partial charge is 0.289 e. The SMILES string of the molecule is CCc1ccccc1C1CC(c2ccc(C)cc2)C=C1C(=O)c1ccc(F)c(F)c1. The van der Waals surface area contributed by atoms with Crippen LogP contribution in [0.2, 0.25) is 0 Å². The van der Waals surface area contributed by atoms with Crippen LogP contribution < -0.4 is 0 Å². The molecule has 4 rings (SSSR count). The number of allylic oxidation sites excluding steroid dienone is 2. The summed E-state index contributed by atoms with van der Waals surface area (Å²) in [5, 5.41) is 0. The molecule has 0 saturated heterocycles. The maximum Gasteiger partial charge on any atom is 0.189 e. The Morgan fingerprint density at radius 3 is 2.40 bits per heavy atom. The van der Waals surface area contributed by atoms with Crippen LogP contribution in [0.5, 0.6) is 0 Å². The first-order chi connectivity index (χ1) is 14.5. The molecular weight excluding hydrogens is 378 g/mol. The fourth-order valence-electron chi connectivity index (χ4n) is 4.36. The summed E-state index contributed by atoms with van der Waals surface area (Å²) in [4.78, 5) is 13.4. The molecule has 0 saturated carbocycles. The van der Waals surface area contributed by atoms with Crippen LogP contribution in [0.4, 0.5) is 8.78 Å². The van der Waals surface area contributed by atoms with Crippen molar-refractivity contribution in [1.29, 1.82) is 0 Å². The van der Waals surface area contributed by atoms with E-state index in [0.717, 1.165) is 36.1 Å². The van der Waals surface area contributed by atoms with Crippen LogP contribution in [0.3, 0.4) is 0 Å². The Morgan fingerprint density at radius 1 is 0.967 bits per heavy atom. The third-order valence-corrected chi connectivity index (χ3v) is 6.01. The zero-order valence-corrected chi connectivity index (χ0v) is 17.2. The normalized spacial score (nSPS) is 18.3. The van der Waals surface area contributed by atoms with Gasteiger partial charge >= 0.3 is 0 Å². The average Bonchev–Trinajstić information content (AvgIpc) is 3.20. The lowest BCUT2D eigenvalue weighted by Crippen LogP contribution is -2.11. The lowest BCUT2D eigenvalue weighted by molar-refractivity contribution is 0.102. The maximum absolute atomic E-state index is 13.8. The van der Waals surface area contributed by atoms with E-state index in [9.17, 15) is 13.6 Å². The van der Waals surface area contributed by atoms with E-state index in [0.29, 0.717) is 5.57 Å². The van der Waals surface area contributed by atoms with Gasteiger partial charge in [-0.1, -0.05) is 67.1 Å². The molecule has 0 radical (unpaired) electrons. The van der Waals surface area contributed by atoms with E-state index in [1.54, 1.807) is 0 Å². The third-order valence-electron chi connectivity index (χ3n) is 6.01. The molecule has 30 heavy (non-hydrogen) atoms. The number of benzene rings is 3. The Balaban J connectivity index is 1.78. The molecule has 1 aliphatic rings. The molecule has 0 amide bonds. The highest BCUT2D eigenvalue weighted by atomic mass is 19.2. The van der Waals surface area contributed by atoms with Crippen LogP contribution >= 0.6 is 0 Å². The molecule has 3 aromatic carbocycles. The Kier molecular flexibility index (Phi) is 5.63. The summed E-state index contributed by atoms with van der Waals surface area (Å²) in [7, 11) is 0. The molecule has 0 N–H and O–H groups in total. The standard InChI is InChI=1S/C27H24F2O/c1-3-18-6-4-5-7-22(18)23-14-21(19-10-8-17(2)9-11-19)15-24(23)27(30)20-12-13-25(28)26(29)16-20/h4-13,15-16,21,23H,3,14H2,1-2H3. The number of rotatable bonds is 5. The number of Topliss-reactive ketones (excluding diaryl/α,β-unsaturated/α-hetero) is 1. The predicted octanol–water partition coefficient (Wildman–Crippen LogP) is 6.92. The van der Waals surface area contributed by atoms with E-state index in [4.69, 9.17) is 0 Å². The van der Waals surface area contributed by atoms with Crippen molar-refractivity contribution < 1.29 is 13.6 Å². The van der Waals surface area contributed by atoms with E-state index in [-0.39, 0.29) is 23.2 Å². The Labute approximate surface area is 176 Å². The maximum atomic E-state index is 13.8. The third kappa shape index (κ3) is 3.85. The van der Waals surface area contributed by atoms with Gasteiger partial charge in [0, 0.05) is 23.0 Å². The lowest BCUT2D eigenvalue weighted by Gasteiger charge is -2.19. The topological polar surface area (TPSA) is 17.1 Å². The number of carbonyl (C=O) groups excluding carboxylic acids is 1. The molecule has 0 aliphatic heterocycles. The summed E-state index contributed by atoms with van der Waals surface area (Å²) in [5.41, 5.74) is 5.53. The highest BCUT2D eigenvalue weighted by molar-refractivity contribution is 6.10. The predicted molar refractivity (Wildman–Crippen MR) is 116 cm³/mol. The van der Waals surface area contributed by atoms with Crippen molar-refractivity contribution >= 4 is 5.78 Å². The van der Waals surface area contributed by atoms with Crippen molar-refractivity contribution in [3.8, 4) is 0 Å².